The highest BCUT2D eigenvalue weighted by Gasteiger charge is 2.03. The topological polar surface area (TPSA) is 38.0 Å². The predicted molar refractivity (Wildman–Crippen MR) is 50.6 cm³/mol. The molecule has 0 aliphatic heterocycles. The number of nitrogens with two attached hydrogens (primary N) is 1. The zero-order valence-electron chi connectivity index (χ0n) is 8.06. The first-order chi connectivity index (χ1) is 5.20. The predicted octanol–water partition coefficient (Wildman–Crippen LogP) is 1.36. The van der Waals surface area contributed by atoms with E-state index in [1.165, 1.54) is 12.8 Å². The average molecular weight is 158 g/mol. The Kier molecular flexibility index (Phi) is 6.57. The van der Waals surface area contributed by atoms with E-state index in [4.69, 9.17) is 5.73 Å². The third-order valence-electron chi connectivity index (χ3n) is 1.74. The van der Waals surface area contributed by atoms with Gasteiger partial charge in [-0.3, -0.25) is 0 Å². The molecule has 3 N–H and O–H groups in total. The maximum absolute atomic E-state index is 5.58. The van der Waals surface area contributed by atoms with Crippen LogP contribution in [0.1, 0.15) is 33.6 Å². The van der Waals surface area contributed by atoms with E-state index in [0.717, 1.165) is 19.0 Å². The molecule has 2 heteroatoms. The van der Waals surface area contributed by atoms with Crippen LogP contribution in [0.4, 0.5) is 0 Å². The van der Waals surface area contributed by atoms with Gasteiger partial charge >= 0.3 is 0 Å². The molecule has 0 spiro atoms. The first-order valence-electron chi connectivity index (χ1n) is 4.64. The quantitative estimate of drug-likeness (QED) is 0.612. The largest absolute Gasteiger partial charge is 0.329 e. The minimum Gasteiger partial charge on any atom is -0.329 e. The average Bonchev–Trinajstić information content (AvgIpc) is 1.97. The Hall–Kier alpha value is -0.0800. The van der Waals surface area contributed by atoms with E-state index in [0.29, 0.717) is 6.04 Å². The van der Waals surface area contributed by atoms with Crippen LogP contribution in [-0.4, -0.2) is 19.1 Å². The van der Waals surface area contributed by atoms with Crippen LogP contribution in [-0.2, 0) is 0 Å². The molecule has 0 amide bonds. The van der Waals surface area contributed by atoms with Crippen molar-refractivity contribution in [3.05, 3.63) is 0 Å². The van der Waals surface area contributed by atoms with E-state index >= 15 is 0 Å². The van der Waals surface area contributed by atoms with Gasteiger partial charge in [0.25, 0.3) is 0 Å². The van der Waals surface area contributed by atoms with Crippen LogP contribution in [0.15, 0.2) is 0 Å². The summed E-state index contributed by atoms with van der Waals surface area (Å²) in [6.07, 6.45) is 2.41. The van der Waals surface area contributed by atoms with Crippen molar-refractivity contribution in [1.29, 1.82) is 0 Å². The van der Waals surface area contributed by atoms with E-state index < -0.39 is 0 Å². The molecule has 0 heterocycles. The Balaban J connectivity index is 3.35. The third-order valence-corrected chi connectivity index (χ3v) is 1.74. The Morgan fingerprint density at radius 3 is 2.36 bits per heavy atom. The van der Waals surface area contributed by atoms with Crippen molar-refractivity contribution in [3.63, 3.8) is 0 Å². The molecule has 0 aromatic heterocycles. The first-order valence-corrected chi connectivity index (χ1v) is 4.64. The molecule has 0 saturated carbocycles. The van der Waals surface area contributed by atoms with Gasteiger partial charge in [0.1, 0.15) is 0 Å². The summed E-state index contributed by atoms with van der Waals surface area (Å²) in [5.74, 6) is 0.723. The zero-order chi connectivity index (χ0) is 8.69. The van der Waals surface area contributed by atoms with E-state index in [1.54, 1.807) is 0 Å². The van der Waals surface area contributed by atoms with Gasteiger partial charge in [0.2, 0.25) is 0 Å². The molecule has 0 bridgehead atoms. The second-order valence-electron chi connectivity index (χ2n) is 3.52. The standard InChI is InChI=1S/C9H22N2/c1-4-5-9(6-10)11-7-8(2)3/h8-9,11H,4-7,10H2,1-3H3. The number of hydrogen-bond donors (Lipinski definition) is 2. The fraction of sp³-hybridized carbons (Fsp3) is 1.00. The van der Waals surface area contributed by atoms with Crippen LogP contribution in [0.25, 0.3) is 0 Å². The fourth-order valence-corrected chi connectivity index (χ4v) is 1.05. The van der Waals surface area contributed by atoms with Gasteiger partial charge in [-0.15, -0.1) is 0 Å². The number of nitrogens with one attached hydrogen (secondary N) is 1. The van der Waals surface area contributed by atoms with Gasteiger partial charge in [-0.2, -0.15) is 0 Å². The summed E-state index contributed by atoms with van der Waals surface area (Å²) in [5.41, 5.74) is 5.58. The van der Waals surface area contributed by atoms with Crippen molar-refractivity contribution in [2.24, 2.45) is 11.7 Å². The second-order valence-corrected chi connectivity index (χ2v) is 3.52. The molecule has 11 heavy (non-hydrogen) atoms. The van der Waals surface area contributed by atoms with Crippen molar-refractivity contribution in [1.82, 2.24) is 5.32 Å². The lowest BCUT2D eigenvalue weighted by Crippen LogP contribution is -2.37. The monoisotopic (exact) mass is 158 g/mol. The molecule has 0 radical (unpaired) electrons. The van der Waals surface area contributed by atoms with Crippen LogP contribution in [0, 0.1) is 5.92 Å². The lowest BCUT2D eigenvalue weighted by atomic mass is 10.1. The highest BCUT2D eigenvalue weighted by molar-refractivity contribution is 4.67. The summed E-state index contributed by atoms with van der Waals surface area (Å²) >= 11 is 0. The summed E-state index contributed by atoms with van der Waals surface area (Å²) in [5, 5.41) is 3.44. The molecule has 0 saturated heterocycles. The summed E-state index contributed by atoms with van der Waals surface area (Å²) < 4.78 is 0. The maximum atomic E-state index is 5.58. The van der Waals surface area contributed by atoms with Gasteiger partial charge < -0.3 is 11.1 Å². The minimum absolute atomic E-state index is 0.530. The van der Waals surface area contributed by atoms with E-state index in [2.05, 4.69) is 26.1 Å². The van der Waals surface area contributed by atoms with Crippen LogP contribution in [0.5, 0.6) is 0 Å². The van der Waals surface area contributed by atoms with Crippen LogP contribution >= 0.6 is 0 Å². The van der Waals surface area contributed by atoms with Crippen molar-refractivity contribution in [3.8, 4) is 0 Å². The molecule has 0 aromatic carbocycles. The van der Waals surface area contributed by atoms with Crippen LogP contribution in [0.2, 0.25) is 0 Å². The summed E-state index contributed by atoms with van der Waals surface area (Å²) in [7, 11) is 0. The lowest BCUT2D eigenvalue weighted by molar-refractivity contribution is 0.443. The van der Waals surface area contributed by atoms with Gasteiger partial charge in [-0.1, -0.05) is 27.2 Å². The highest BCUT2D eigenvalue weighted by atomic mass is 14.9. The SMILES string of the molecule is CCCC(CN)NCC(C)C. The normalized spacial score (nSPS) is 13.9. The molecule has 0 aromatic rings. The maximum Gasteiger partial charge on any atom is 0.0190 e. The molecule has 1 unspecified atom stereocenters. The Morgan fingerprint density at radius 1 is 1.36 bits per heavy atom. The molecule has 1 atom stereocenters. The van der Waals surface area contributed by atoms with Crippen molar-refractivity contribution < 1.29 is 0 Å². The van der Waals surface area contributed by atoms with Gasteiger partial charge in [0.15, 0.2) is 0 Å². The van der Waals surface area contributed by atoms with E-state index in [1.807, 2.05) is 0 Å². The number of rotatable bonds is 6. The van der Waals surface area contributed by atoms with Crippen molar-refractivity contribution in [2.45, 2.75) is 39.7 Å². The number of hydrogen-bond acceptors (Lipinski definition) is 2. The Morgan fingerprint density at radius 2 is 2.00 bits per heavy atom. The van der Waals surface area contributed by atoms with Crippen molar-refractivity contribution >= 4 is 0 Å². The van der Waals surface area contributed by atoms with Crippen LogP contribution in [0.3, 0.4) is 0 Å². The van der Waals surface area contributed by atoms with Gasteiger partial charge in [-0.05, 0) is 18.9 Å². The molecule has 68 valence electrons. The highest BCUT2D eigenvalue weighted by Crippen LogP contribution is 1.96. The first kappa shape index (κ1) is 10.9. The molecule has 2 nitrogen and oxygen atoms in total. The minimum atomic E-state index is 0.530. The molecule has 0 fully saturated rings. The smallest absolute Gasteiger partial charge is 0.0190 e. The molecule has 0 rings (SSSR count). The lowest BCUT2D eigenvalue weighted by Gasteiger charge is -2.17. The van der Waals surface area contributed by atoms with Gasteiger partial charge in [-0.25, -0.2) is 0 Å². The van der Waals surface area contributed by atoms with Crippen LogP contribution < -0.4 is 11.1 Å². The Bertz CT molecular complexity index is 81.6. The van der Waals surface area contributed by atoms with Gasteiger partial charge in [0.05, 0.1) is 0 Å². The van der Waals surface area contributed by atoms with Gasteiger partial charge in [0, 0.05) is 12.6 Å². The molecule has 0 aliphatic carbocycles. The van der Waals surface area contributed by atoms with E-state index in [-0.39, 0.29) is 0 Å². The third kappa shape index (κ3) is 6.32. The molecular formula is C9H22N2. The summed E-state index contributed by atoms with van der Waals surface area (Å²) in [6.45, 7) is 8.47. The Labute approximate surface area is 70.5 Å². The van der Waals surface area contributed by atoms with Crippen molar-refractivity contribution in [2.75, 3.05) is 13.1 Å². The van der Waals surface area contributed by atoms with E-state index in [9.17, 15) is 0 Å². The summed E-state index contributed by atoms with van der Waals surface area (Å²) in [4.78, 5) is 0. The molecular weight excluding hydrogens is 136 g/mol. The zero-order valence-corrected chi connectivity index (χ0v) is 8.06. The second kappa shape index (κ2) is 6.62. The molecule has 0 aliphatic rings. The fourth-order valence-electron chi connectivity index (χ4n) is 1.05. The summed E-state index contributed by atoms with van der Waals surface area (Å²) in [6, 6.07) is 0.530.